The van der Waals surface area contributed by atoms with Crippen LogP contribution in [0.1, 0.15) is 11.1 Å². The summed E-state index contributed by atoms with van der Waals surface area (Å²) in [7, 11) is 0. The van der Waals surface area contributed by atoms with Gasteiger partial charge in [0.05, 0.1) is 0 Å². The molecule has 3 nitrogen and oxygen atoms in total. The average Bonchev–Trinajstić information content (AvgIpc) is 2.03. The van der Waals surface area contributed by atoms with Crippen molar-refractivity contribution in [3.05, 3.63) is 45.3 Å². The van der Waals surface area contributed by atoms with Crippen molar-refractivity contribution < 1.29 is 9.31 Å². The predicted octanol–water partition coefficient (Wildman–Crippen LogP) is 1.95. The largest absolute Gasteiger partial charge is 0.265 e. The molecule has 0 N–H and O–H groups in total. The Bertz CT molecular complexity index is 305. The topological polar surface area (TPSA) is 43.1 Å². The van der Waals surface area contributed by atoms with Crippen molar-refractivity contribution in [2.24, 2.45) is 0 Å². The Labute approximate surface area is 75.3 Å². The lowest BCUT2D eigenvalue weighted by Gasteiger charge is -2.03. The molecule has 0 amide bonds. The number of nitrogens with zero attached hydrogens (tertiary/aromatic N) is 1. The highest BCUT2D eigenvalue weighted by molar-refractivity contribution is 5.27. The van der Waals surface area contributed by atoms with Gasteiger partial charge in [-0.25, -0.2) is 4.39 Å². The molecule has 0 radical (unpaired) electrons. The Balaban J connectivity index is 2.81. The normalized spacial score (nSPS) is 10.0. The lowest BCUT2D eigenvalue weighted by Crippen LogP contribution is -2.06. The van der Waals surface area contributed by atoms with E-state index in [4.69, 9.17) is 0 Å². The Morgan fingerprint density at radius 3 is 2.77 bits per heavy atom. The van der Waals surface area contributed by atoms with Crippen LogP contribution in [0, 0.1) is 22.9 Å². The highest BCUT2D eigenvalue weighted by Gasteiger charge is 2.07. The van der Waals surface area contributed by atoms with Crippen LogP contribution in [-0.2, 0) is 6.42 Å². The fourth-order valence-electron chi connectivity index (χ4n) is 1.19. The number of aryl methyl sites for hydroxylation is 1. The molecule has 1 aromatic rings. The standard InChI is InChI=1S/C9H10FNO2/c1-7-3-2-4-9(10)8(7)5-6-11(12)13/h2-4H,5-6H2,1H3. The molecular weight excluding hydrogens is 173 g/mol. The molecule has 0 fully saturated rings. The van der Waals surface area contributed by atoms with Crippen LogP contribution in [0.3, 0.4) is 0 Å². The Kier molecular flexibility index (Phi) is 2.95. The molecule has 1 aromatic carbocycles. The van der Waals surface area contributed by atoms with E-state index in [1.807, 2.05) is 0 Å². The Hall–Kier alpha value is -1.45. The van der Waals surface area contributed by atoms with Gasteiger partial charge in [-0.05, 0) is 24.1 Å². The van der Waals surface area contributed by atoms with Crippen molar-refractivity contribution in [2.75, 3.05) is 6.54 Å². The fraction of sp³-hybridized carbons (Fsp3) is 0.333. The summed E-state index contributed by atoms with van der Waals surface area (Å²) in [4.78, 5) is 9.64. The van der Waals surface area contributed by atoms with Crippen molar-refractivity contribution >= 4 is 0 Å². The lowest BCUT2D eigenvalue weighted by molar-refractivity contribution is -0.479. The molecule has 1 rings (SSSR count). The Morgan fingerprint density at radius 1 is 1.54 bits per heavy atom. The van der Waals surface area contributed by atoms with Crippen LogP contribution in [0.4, 0.5) is 4.39 Å². The first-order valence-corrected chi connectivity index (χ1v) is 3.97. The van der Waals surface area contributed by atoms with Gasteiger partial charge in [-0.1, -0.05) is 12.1 Å². The smallest absolute Gasteiger partial charge is 0.208 e. The maximum atomic E-state index is 13.1. The summed E-state index contributed by atoms with van der Waals surface area (Å²) in [5.41, 5.74) is 1.21. The minimum atomic E-state index is -0.439. The van der Waals surface area contributed by atoms with E-state index in [1.165, 1.54) is 6.07 Å². The van der Waals surface area contributed by atoms with Gasteiger partial charge in [-0.2, -0.15) is 0 Å². The maximum absolute atomic E-state index is 13.1. The second-order valence-corrected chi connectivity index (χ2v) is 2.84. The van der Waals surface area contributed by atoms with E-state index in [0.717, 1.165) is 5.56 Å². The minimum absolute atomic E-state index is 0.158. The third-order valence-corrected chi connectivity index (χ3v) is 1.90. The van der Waals surface area contributed by atoms with E-state index >= 15 is 0 Å². The van der Waals surface area contributed by atoms with Crippen LogP contribution in [0.25, 0.3) is 0 Å². The van der Waals surface area contributed by atoms with Gasteiger partial charge in [0.1, 0.15) is 5.82 Å². The molecule has 0 atom stereocenters. The van der Waals surface area contributed by atoms with Gasteiger partial charge < -0.3 is 0 Å². The zero-order valence-corrected chi connectivity index (χ0v) is 7.29. The Morgan fingerprint density at radius 2 is 2.23 bits per heavy atom. The van der Waals surface area contributed by atoms with E-state index in [0.29, 0.717) is 5.56 Å². The summed E-state index contributed by atoms with van der Waals surface area (Å²) in [6.45, 7) is 1.53. The van der Waals surface area contributed by atoms with E-state index in [9.17, 15) is 14.5 Å². The van der Waals surface area contributed by atoms with Crippen molar-refractivity contribution in [3.8, 4) is 0 Å². The highest BCUT2D eigenvalue weighted by atomic mass is 19.1. The van der Waals surface area contributed by atoms with Gasteiger partial charge in [-0.3, -0.25) is 10.1 Å². The summed E-state index contributed by atoms with van der Waals surface area (Å²) >= 11 is 0. The summed E-state index contributed by atoms with van der Waals surface area (Å²) < 4.78 is 13.1. The number of nitro groups is 1. The van der Waals surface area contributed by atoms with Gasteiger partial charge in [0.25, 0.3) is 0 Å². The molecule has 13 heavy (non-hydrogen) atoms. The summed E-state index contributed by atoms with van der Waals surface area (Å²) in [5.74, 6) is -0.359. The first kappa shape index (κ1) is 9.64. The molecule has 0 aliphatic heterocycles. The number of rotatable bonds is 3. The zero-order chi connectivity index (χ0) is 9.84. The predicted molar refractivity (Wildman–Crippen MR) is 46.7 cm³/mol. The molecule has 0 saturated carbocycles. The summed E-state index contributed by atoms with van der Waals surface area (Å²) in [6.07, 6.45) is 0.158. The molecule has 0 heterocycles. The van der Waals surface area contributed by atoms with Gasteiger partial charge in [0.15, 0.2) is 0 Å². The molecular formula is C9H10FNO2. The molecule has 0 aliphatic rings. The zero-order valence-electron chi connectivity index (χ0n) is 7.29. The molecule has 0 unspecified atom stereocenters. The van der Waals surface area contributed by atoms with Crippen molar-refractivity contribution in [1.29, 1.82) is 0 Å². The maximum Gasteiger partial charge on any atom is 0.208 e. The van der Waals surface area contributed by atoms with Gasteiger partial charge in [0, 0.05) is 11.3 Å². The van der Waals surface area contributed by atoms with Crippen molar-refractivity contribution in [2.45, 2.75) is 13.3 Å². The molecule has 0 aromatic heterocycles. The molecule has 0 spiro atoms. The van der Waals surface area contributed by atoms with Crippen molar-refractivity contribution in [1.82, 2.24) is 0 Å². The number of hydrogen-bond acceptors (Lipinski definition) is 2. The van der Waals surface area contributed by atoms with Gasteiger partial charge >= 0.3 is 0 Å². The monoisotopic (exact) mass is 183 g/mol. The van der Waals surface area contributed by atoms with Crippen LogP contribution in [0.5, 0.6) is 0 Å². The third kappa shape index (κ3) is 2.50. The second kappa shape index (κ2) is 3.98. The van der Waals surface area contributed by atoms with Crippen LogP contribution in [0.15, 0.2) is 18.2 Å². The first-order valence-electron chi connectivity index (χ1n) is 3.97. The van der Waals surface area contributed by atoms with Gasteiger partial charge in [-0.15, -0.1) is 0 Å². The number of hydrogen-bond donors (Lipinski definition) is 0. The SMILES string of the molecule is Cc1cccc(F)c1CC[N+](=O)[O-]. The van der Waals surface area contributed by atoms with E-state index in [1.54, 1.807) is 19.1 Å². The molecule has 4 heteroatoms. The van der Waals surface area contributed by atoms with E-state index < -0.39 is 4.92 Å². The van der Waals surface area contributed by atoms with Crippen LogP contribution in [0.2, 0.25) is 0 Å². The number of halogens is 1. The molecule has 0 aliphatic carbocycles. The molecule has 0 bridgehead atoms. The fourth-order valence-corrected chi connectivity index (χ4v) is 1.19. The average molecular weight is 183 g/mol. The second-order valence-electron chi connectivity index (χ2n) is 2.84. The van der Waals surface area contributed by atoms with Crippen LogP contribution >= 0.6 is 0 Å². The van der Waals surface area contributed by atoms with E-state index in [-0.39, 0.29) is 18.8 Å². The summed E-state index contributed by atoms with van der Waals surface area (Å²) in [6, 6.07) is 4.67. The number of benzene rings is 1. The van der Waals surface area contributed by atoms with Crippen molar-refractivity contribution in [3.63, 3.8) is 0 Å². The minimum Gasteiger partial charge on any atom is -0.265 e. The lowest BCUT2D eigenvalue weighted by atomic mass is 10.1. The van der Waals surface area contributed by atoms with Gasteiger partial charge in [0.2, 0.25) is 6.54 Å². The summed E-state index contributed by atoms with van der Waals surface area (Å²) in [5, 5.41) is 10.1. The quantitative estimate of drug-likeness (QED) is 0.531. The molecule has 70 valence electrons. The third-order valence-electron chi connectivity index (χ3n) is 1.90. The van der Waals surface area contributed by atoms with Crippen LogP contribution in [-0.4, -0.2) is 11.5 Å². The first-order chi connectivity index (χ1) is 6.11. The van der Waals surface area contributed by atoms with E-state index in [2.05, 4.69) is 0 Å². The van der Waals surface area contributed by atoms with Crippen LogP contribution < -0.4 is 0 Å². The highest BCUT2D eigenvalue weighted by Crippen LogP contribution is 2.12. The molecule has 0 saturated heterocycles.